The van der Waals surface area contributed by atoms with Gasteiger partial charge >= 0.3 is 0 Å². The number of nitrogens with one attached hydrogen (secondary N) is 1. The molecule has 194 valence electrons. The first-order valence-corrected chi connectivity index (χ1v) is 15.3. The van der Waals surface area contributed by atoms with Gasteiger partial charge in [-0.1, -0.05) is 26.0 Å². The van der Waals surface area contributed by atoms with E-state index in [-0.39, 0.29) is 22.8 Å². The number of fused-ring (bicyclic) bond motifs is 8. The van der Waals surface area contributed by atoms with Crippen LogP contribution in [-0.4, -0.2) is 46.2 Å². The highest BCUT2D eigenvalue weighted by atomic mass is 32.2. The van der Waals surface area contributed by atoms with Crippen molar-refractivity contribution in [1.29, 1.82) is 0 Å². The Labute approximate surface area is 217 Å². The number of nitrogens with zero attached hydrogens (tertiary/aromatic N) is 4. The van der Waals surface area contributed by atoms with Crippen LogP contribution in [0, 0.1) is 23.2 Å². The van der Waals surface area contributed by atoms with Gasteiger partial charge in [0.25, 0.3) is 5.78 Å². The van der Waals surface area contributed by atoms with Gasteiger partial charge in [-0.05, 0) is 73.8 Å². The van der Waals surface area contributed by atoms with E-state index in [1.165, 1.54) is 11.8 Å². The summed E-state index contributed by atoms with van der Waals surface area (Å²) in [5, 5.41) is 7.85. The number of benzene rings is 1. The predicted octanol–water partition coefficient (Wildman–Crippen LogP) is 3.73. The molecule has 1 saturated heterocycles. The Morgan fingerprint density at radius 2 is 1.84 bits per heavy atom. The molecule has 37 heavy (non-hydrogen) atoms. The smallest absolute Gasteiger partial charge is 0.252 e. The van der Waals surface area contributed by atoms with Crippen LogP contribution >= 0.6 is 0 Å². The maximum Gasteiger partial charge on any atom is 0.252 e. The van der Waals surface area contributed by atoms with E-state index in [0.29, 0.717) is 34.8 Å². The number of carbonyl (C=O) groups is 1. The molecule has 0 radical (unpaired) electrons. The van der Waals surface area contributed by atoms with E-state index in [4.69, 9.17) is 4.98 Å². The van der Waals surface area contributed by atoms with Crippen molar-refractivity contribution in [3.8, 4) is 11.3 Å². The van der Waals surface area contributed by atoms with Crippen molar-refractivity contribution < 1.29 is 13.2 Å². The molecular weight excluding hydrogens is 486 g/mol. The maximum absolute atomic E-state index is 12.2. The zero-order valence-electron chi connectivity index (χ0n) is 21.6. The van der Waals surface area contributed by atoms with Crippen molar-refractivity contribution in [2.75, 3.05) is 6.26 Å². The summed E-state index contributed by atoms with van der Waals surface area (Å²) in [5.74, 6) is 2.46. The quantitative estimate of drug-likeness (QED) is 0.553. The van der Waals surface area contributed by atoms with Crippen LogP contribution < -0.4 is 5.32 Å². The third kappa shape index (κ3) is 3.22. The second-order valence-corrected chi connectivity index (χ2v) is 14.3. The number of sulfone groups is 1. The van der Waals surface area contributed by atoms with Gasteiger partial charge in [0.05, 0.1) is 16.3 Å². The number of piperidine rings is 1. The first-order chi connectivity index (χ1) is 17.6. The SMILES string of the molecule is C[C@]12CCC3C(CC[C@H]4NC(=O)CC[C@]34C)C1Cc1c2nc2ncnn2c1-c1ccc(S(C)(=O)=O)cc1. The minimum atomic E-state index is -3.28. The van der Waals surface area contributed by atoms with Crippen LogP contribution in [0.25, 0.3) is 17.0 Å². The zero-order chi connectivity index (χ0) is 25.7. The summed E-state index contributed by atoms with van der Waals surface area (Å²) in [6.45, 7) is 4.82. The second-order valence-electron chi connectivity index (χ2n) is 12.3. The molecule has 6 atom stereocenters. The zero-order valence-corrected chi connectivity index (χ0v) is 22.4. The lowest BCUT2D eigenvalue weighted by Gasteiger charge is -2.59. The van der Waals surface area contributed by atoms with E-state index < -0.39 is 9.84 Å². The van der Waals surface area contributed by atoms with Crippen molar-refractivity contribution in [2.45, 2.75) is 75.1 Å². The Balaban J connectivity index is 1.33. The van der Waals surface area contributed by atoms with Crippen molar-refractivity contribution >= 4 is 21.5 Å². The van der Waals surface area contributed by atoms with E-state index in [2.05, 4.69) is 29.2 Å². The molecule has 1 aliphatic heterocycles. The molecule has 4 aliphatic rings. The first-order valence-electron chi connectivity index (χ1n) is 13.4. The molecule has 3 heterocycles. The molecule has 1 aromatic carbocycles. The van der Waals surface area contributed by atoms with E-state index in [0.717, 1.165) is 55.5 Å². The average Bonchev–Trinajstić information content (AvgIpc) is 3.45. The third-order valence-electron chi connectivity index (χ3n) is 10.5. The molecule has 2 aromatic heterocycles. The van der Waals surface area contributed by atoms with Gasteiger partial charge < -0.3 is 5.32 Å². The Bertz CT molecular complexity index is 1550. The number of hydrogen-bond acceptors (Lipinski definition) is 6. The lowest BCUT2D eigenvalue weighted by atomic mass is 9.47. The minimum absolute atomic E-state index is 0.0350. The average molecular weight is 520 g/mol. The number of rotatable bonds is 2. The third-order valence-corrected chi connectivity index (χ3v) is 11.7. The molecule has 0 spiro atoms. The van der Waals surface area contributed by atoms with Gasteiger partial charge in [0.2, 0.25) is 5.91 Å². The Hall–Kier alpha value is -2.81. The Morgan fingerprint density at radius 1 is 1.05 bits per heavy atom. The highest BCUT2D eigenvalue weighted by Gasteiger charge is 2.60. The molecule has 3 fully saturated rings. The van der Waals surface area contributed by atoms with Crippen LogP contribution in [0.1, 0.15) is 63.6 Å². The topological polar surface area (TPSA) is 106 Å². The lowest BCUT2D eigenvalue weighted by molar-refractivity contribution is -0.134. The molecule has 3 aromatic rings. The maximum atomic E-state index is 12.2. The fourth-order valence-corrected chi connectivity index (χ4v) is 9.24. The van der Waals surface area contributed by atoms with Crippen molar-refractivity contribution in [2.24, 2.45) is 23.2 Å². The summed E-state index contributed by atoms with van der Waals surface area (Å²) in [6, 6.07) is 7.42. The summed E-state index contributed by atoms with van der Waals surface area (Å²) in [4.78, 5) is 22.0. The van der Waals surface area contributed by atoms with Gasteiger partial charge in [-0.25, -0.2) is 13.4 Å². The van der Waals surface area contributed by atoms with E-state index in [1.807, 2.05) is 16.6 Å². The largest absolute Gasteiger partial charge is 0.353 e. The highest BCUT2D eigenvalue weighted by Crippen LogP contribution is 2.63. The second kappa shape index (κ2) is 7.62. The molecular formula is C28H33N5O3S. The molecule has 2 saturated carbocycles. The summed E-state index contributed by atoms with van der Waals surface area (Å²) >= 11 is 0. The van der Waals surface area contributed by atoms with Crippen LogP contribution in [0.15, 0.2) is 35.5 Å². The van der Waals surface area contributed by atoms with Crippen LogP contribution in [0.2, 0.25) is 0 Å². The lowest BCUT2D eigenvalue weighted by Crippen LogP contribution is -2.61. The summed E-state index contributed by atoms with van der Waals surface area (Å²) < 4.78 is 26.0. The van der Waals surface area contributed by atoms with Crippen LogP contribution in [0.5, 0.6) is 0 Å². The summed E-state index contributed by atoms with van der Waals surface area (Å²) in [6.07, 6.45) is 9.73. The fourth-order valence-electron chi connectivity index (χ4n) is 8.61. The monoisotopic (exact) mass is 519 g/mol. The molecule has 1 N–H and O–H groups in total. The van der Waals surface area contributed by atoms with Crippen molar-refractivity contribution in [3.63, 3.8) is 0 Å². The Kier molecular flexibility index (Phi) is 4.80. The van der Waals surface area contributed by atoms with Gasteiger partial charge in [0.15, 0.2) is 9.84 Å². The highest BCUT2D eigenvalue weighted by molar-refractivity contribution is 7.90. The first kappa shape index (κ1) is 23.3. The molecule has 8 nitrogen and oxygen atoms in total. The predicted molar refractivity (Wildman–Crippen MR) is 139 cm³/mol. The molecule has 1 amide bonds. The number of aromatic nitrogens is 4. The number of carbonyl (C=O) groups excluding carboxylic acids is 1. The van der Waals surface area contributed by atoms with Crippen molar-refractivity contribution in [1.82, 2.24) is 24.9 Å². The summed E-state index contributed by atoms with van der Waals surface area (Å²) in [7, 11) is -3.28. The standard InChI is InChI=1S/C28H33N5O3S/c1-27-13-11-23(34)31-22(27)9-8-18-20(27)10-12-28(2)21(18)14-19-24(33-26(29-15-30-33)32-25(19)28)16-4-6-17(7-5-16)37(3,35)36/h4-7,15,18,20-22H,8-14H2,1-3H3,(H,31,34)/t18?,20?,21?,22-,27-,28+/m1/s1. The Morgan fingerprint density at radius 3 is 2.59 bits per heavy atom. The molecule has 9 heteroatoms. The summed E-state index contributed by atoms with van der Waals surface area (Å²) in [5.41, 5.74) is 4.40. The van der Waals surface area contributed by atoms with E-state index >= 15 is 0 Å². The number of hydrogen-bond donors (Lipinski definition) is 1. The van der Waals surface area contributed by atoms with Crippen molar-refractivity contribution in [3.05, 3.63) is 41.9 Å². The molecule has 0 bridgehead atoms. The van der Waals surface area contributed by atoms with Gasteiger partial charge in [-0.3, -0.25) is 4.79 Å². The van der Waals surface area contributed by atoms with Crippen LogP contribution in [-0.2, 0) is 26.5 Å². The van der Waals surface area contributed by atoms with E-state index in [1.54, 1.807) is 18.5 Å². The van der Waals surface area contributed by atoms with Crippen LogP contribution in [0.3, 0.4) is 0 Å². The van der Waals surface area contributed by atoms with Gasteiger partial charge in [-0.15, -0.1) is 0 Å². The molecule has 3 aliphatic carbocycles. The van der Waals surface area contributed by atoms with Gasteiger partial charge in [-0.2, -0.15) is 14.6 Å². The number of amides is 1. The molecule has 3 unspecified atom stereocenters. The minimum Gasteiger partial charge on any atom is -0.353 e. The van der Waals surface area contributed by atoms with Crippen LogP contribution in [0.4, 0.5) is 0 Å². The normalized spacial score (nSPS) is 34.8. The van der Waals surface area contributed by atoms with Gasteiger partial charge in [0.1, 0.15) is 6.33 Å². The van der Waals surface area contributed by atoms with Gasteiger partial charge in [0, 0.05) is 35.3 Å². The van der Waals surface area contributed by atoms with E-state index in [9.17, 15) is 13.2 Å². The molecule has 7 rings (SSSR count). The fraction of sp³-hybridized carbons (Fsp3) is 0.571.